The van der Waals surface area contributed by atoms with Crippen molar-refractivity contribution in [2.45, 2.75) is 13.0 Å². The van der Waals surface area contributed by atoms with Gasteiger partial charge in [-0.25, -0.2) is 0 Å². The summed E-state index contributed by atoms with van der Waals surface area (Å²) in [6, 6.07) is 18.0. The highest BCUT2D eigenvalue weighted by atomic mass is 79.9. The van der Waals surface area contributed by atoms with Crippen molar-refractivity contribution in [3.8, 4) is 0 Å². The van der Waals surface area contributed by atoms with Gasteiger partial charge >= 0.3 is 0 Å². The standard InChI is InChI=1S/C16H14BrN3O/c17-13-6-4-5-12(9-13)10-15-19-16(21-20-15)11-18-14-7-2-1-3-8-14/h1-9,18H,10-11H2. The summed E-state index contributed by atoms with van der Waals surface area (Å²) in [5.74, 6) is 1.28. The van der Waals surface area contributed by atoms with E-state index in [1.54, 1.807) is 0 Å². The number of para-hydroxylation sites is 1. The summed E-state index contributed by atoms with van der Waals surface area (Å²) in [4.78, 5) is 4.39. The number of nitrogens with one attached hydrogen (secondary N) is 1. The molecule has 106 valence electrons. The molecule has 5 heteroatoms. The molecule has 4 nitrogen and oxygen atoms in total. The summed E-state index contributed by atoms with van der Waals surface area (Å²) in [6.45, 7) is 0.523. The van der Waals surface area contributed by atoms with Crippen LogP contribution in [0, 0.1) is 0 Å². The highest BCUT2D eigenvalue weighted by Crippen LogP contribution is 2.14. The van der Waals surface area contributed by atoms with Crippen LogP contribution in [0.25, 0.3) is 0 Å². The average molecular weight is 344 g/mol. The number of anilines is 1. The molecule has 2 aromatic carbocycles. The first-order valence-electron chi connectivity index (χ1n) is 6.64. The van der Waals surface area contributed by atoms with Gasteiger partial charge in [0.15, 0.2) is 5.82 Å². The summed E-state index contributed by atoms with van der Waals surface area (Å²) < 4.78 is 6.30. The lowest BCUT2D eigenvalue weighted by Crippen LogP contribution is -1.99. The van der Waals surface area contributed by atoms with E-state index in [0.29, 0.717) is 24.7 Å². The first-order valence-corrected chi connectivity index (χ1v) is 7.44. The summed E-state index contributed by atoms with van der Waals surface area (Å²) in [5, 5.41) is 7.26. The Bertz CT molecular complexity index is 712. The molecule has 0 atom stereocenters. The van der Waals surface area contributed by atoms with Crippen LogP contribution in [0.15, 0.2) is 63.6 Å². The Morgan fingerprint density at radius 3 is 2.71 bits per heavy atom. The molecule has 0 unspecified atom stereocenters. The number of aromatic nitrogens is 2. The minimum absolute atomic E-state index is 0.523. The highest BCUT2D eigenvalue weighted by molar-refractivity contribution is 9.10. The van der Waals surface area contributed by atoms with E-state index in [-0.39, 0.29) is 0 Å². The van der Waals surface area contributed by atoms with Gasteiger partial charge in [0.2, 0.25) is 5.89 Å². The fraction of sp³-hybridized carbons (Fsp3) is 0.125. The molecule has 0 aliphatic heterocycles. The maximum absolute atomic E-state index is 5.25. The largest absolute Gasteiger partial charge is 0.376 e. The number of hydrogen-bond acceptors (Lipinski definition) is 4. The molecule has 0 fully saturated rings. The van der Waals surface area contributed by atoms with E-state index in [0.717, 1.165) is 15.7 Å². The molecule has 0 saturated heterocycles. The molecule has 0 bridgehead atoms. The van der Waals surface area contributed by atoms with E-state index in [1.807, 2.05) is 48.5 Å². The molecular weight excluding hydrogens is 330 g/mol. The molecule has 21 heavy (non-hydrogen) atoms. The Kier molecular flexibility index (Phi) is 4.31. The van der Waals surface area contributed by atoms with Gasteiger partial charge in [-0.1, -0.05) is 51.4 Å². The number of hydrogen-bond donors (Lipinski definition) is 1. The van der Waals surface area contributed by atoms with Crippen LogP contribution >= 0.6 is 15.9 Å². The zero-order valence-electron chi connectivity index (χ0n) is 11.3. The number of halogens is 1. The van der Waals surface area contributed by atoms with Gasteiger partial charge in [0.1, 0.15) is 0 Å². The molecule has 0 aliphatic rings. The smallest absolute Gasteiger partial charge is 0.245 e. The number of benzene rings is 2. The van der Waals surface area contributed by atoms with Crippen molar-refractivity contribution >= 4 is 21.6 Å². The molecule has 0 amide bonds. The lowest BCUT2D eigenvalue weighted by Gasteiger charge is -2.01. The van der Waals surface area contributed by atoms with Crippen molar-refractivity contribution in [2.75, 3.05) is 5.32 Å². The molecule has 1 aromatic heterocycles. The Morgan fingerprint density at radius 1 is 1.05 bits per heavy atom. The summed E-state index contributed by atoms with van der Waals surface area (Å²) in [7, 11) is 0. The van der Waals surface area contributed by atoms with Crippen molar-refractivity contribution in [1.29, 1.82) is 0 Å². The second kappa shape index (κ2) is 6.54. The van der Waals surface area contributed by atoms with Crippen LogP contribution in [0.1, 0.15) is 17.3 Å². The molecule has 1 N–H and O–H groups in total. The van der Waals surface area contributed by atoms with Gasteiger partial charge in [-0.3, -0.25) is 0 Å². The zero-order chi connectivity index (χ0) is 14.5. The van der Waals surface area contributed by atoms with Crippen molar-refractivity contribution in [2.24, 2.45) is 0 Å². The van der Waals surface area contributed by atoms with Crippen molar-refractivity contribution in [1.82, 2.24) is 10.1 Å². The van der Waals surface area contributed by atoms with E-state index in [1.165, 1.54) is 0 Å². The summed E-state index contributed by atoms with van der Waals surface area (Å²) in [6.07, 6.45) is 0.661. The monoisotopic (exact) mass is 343 g/mol. The third-order valence-corrected chi connectivity index (χ3v) is 3.47. The van der Waals surface area contributed by atoms with E-state index >= 15 is 0 Å². The topological polar surface area (TPSA) is 51.0 Å². The van der Waals surface area contributed by atoms with E-state index in [9.17, 15) is 0 Å². The van der Waals surface area contributed by atoms with Crippen LogP contribution < -0.4 is 5.32 Å². The SMILES string of the molecule is Brc1cccc(Cc2noc(CNc3ccccc3)n2)c1. The fourth-order valence-corrected chi connectivity index (χ4v) is 2.44. The Labute approximate surface area is 131 Å². The lowest BCUT2D eigenvalue weighted by molar-refractivity contribution is 0.378. The predicted molar refractivity (Wildman–Crippen MR) is 85.0 cm³/mol. The Hall–Kier alpha value is -2.14. The second-order valence-electron chi connectivity index (χ2n) is 4.63. The minimum Gasteiger partial charge on any atom is -0.376 e. The van der Waals surface area contributed by atoms with Gasteiger partial charge in [0, 0.05) is 16.6 Å². The maximum atomic E-state index is 5.25. The fourth-order valence-electron chi connectivity index (χ4n) is 2.00. The molecule has 1 heterocycles. The lowest BCUT2D eigenvalue weighted by atomic mass is 10.1. The molecular formula is C16H14BrN3O. The number of rotatable bonds is 5. The van der Waals surface area contributed by atoms with Gasteiger partial charge in [-0.05, 0) is 29.8 Å². The molecule has 0 spiro atoms. The quantitative estimate of drug-likeness (QED) is 0.759. The van der Waals surface area contributed by atoms with Crippen LogP contribution in [-0.2, 0) is 13.0 Å². The number of nitrogens with zero attached hydrogens (tertiary/aromatic N) is 2. The Morgan fingerprint density at radius 2 is 1.90 bits per heavy atom. The van der Waals surface area contributed by atoms with Gasteiger partial charge in [0.25, 0.3) is 0 Å². The van der Waals surface area contributed by atoms with E-state index in [4.69, 9.17) is 4.52 Å². The van der Waals surface area contributed by atoms with E-state index in [2.05, 4.69) is 37.5 Å². The van der Waals surface area contributed by atoms with Crippen LogP contribution in [0.2, 0.25) is 0 Å². The third kappa shape index (κ3) is 3.92. The second-order valence-corrected chi connectivity index (χ2v) is 5.55. The first-order chi connectivity index (χ1) is 10.3. The normalized spacial score (nSPS) is 10.5. The minimum atomic E-state index is 0.523. The van der Waals surface area contributed by atoms with Crippen molar-refractivity contribution in [3.63, 3.8) is 0 Å². The van der Waals surface area contributed by atoms with Crippen LogP contribution in [0.4, 0.5) is 5.69 Å². The summed E-state index contributed by atoms with van der Waals surface area (Å²) in [5.41, 5.74) is 2.18. The summed E-state index contributed by atoms with van der Waals surface area (Å²) >= 11 is 3.46. The molecule has 0 aliphatic carbocycles. The van der Waals surface area contributed by atoms with E-state index < -0.39 is 0 Å². The maximum Gasteiger partial charge on any atom is 0.245 e. The molecule has 3 aromatic rings. The van der Waals surface area contributed by atoms with Crippen LogP contribution in [-0.4, -0.2) is 10.1 Å². The van der Waals surface area contributed by atoms with Crippen LogP contribution in [0.3, 0.4) is 0 Å². The van der Waals surface area contributed by atoms with Gasteiger partial charge in [-0.2, -0.15) is 4.98 Å². The van der Waals surface area contributed by atoms with Crippen molar-refractivity contribution in [3.05, 3.63) is 76.3 Å². The Balaban J connectivity index is 1.61. The van der Waals surface area contributed by atoms with Crippen LogP contribution in [0.5, 0.6) is 0 Å². The van der Waals surface area contributed by atoms with Gasteiger partial charge in [-0.15, -0.1) is 0 Å². The molecule has 0 saturated carbocycles. The first kappa shape index (κ1) is 13.8. The third-order valence-electron chi connectivity index (χ3n) is 2.98. The van der Waals surface area contributed by atoms with Crippen molar-refractivity contribution < 1.29 is 4.52 Å². The average Bonchev–Trinajstić information content (AvgIpc) is 2.94. The predicted octanol–water partition coefficient (Wildman–Crippen LogP) is 4.04. The van der Waals surface area contributed by atoms with Gasteiger partial charge < -0.3 is 9.84 Å². The molecule has 3 rings (SSSR count). The highest BCUT2D eigenvalue weighted by Gasteiger charge is 2.07. The zero-order valence-corrected chi connectivity index (χ0v) is 12.9. The molecule has 0 radical (unpaired) electrons. The van der Waals surface area contributed by atoms with Gasteiger partial charge in [0.05, 0.1) is 6.54 Å².